The smallest absolute Gasteiger partial charge is 0.262 e. The fraction of sp³-hybridized carbons (Fsp3) is 0.480. The molecule has 1 aromatic heterocycles. The van der Waals surface area contributed by atoms with Gasteiger partial charge in [0.2, 0.25) is 5.91 Å². The highest BCUT2D eigenvalue weighted by Crippen LogP contribution is 2.34. The first-order valence-electron chi connectivity index (χ1n) is 11.5. The molecule has 2 heterocycles. The van der Waals surface area contributed by atoms with Crippen LogP contribution in [0.5, 0.6) is 0 Å². The maximum absolute atomic E-state index is 13.5. The first-order valence-corrected chi connectivity index (χ1v) is 11.9. The maximum atomic E-state index is 13.5. The standard InChI is InChI=1S/C25H31ClN4O3/c1-28-13-5-8-22(28)21-16-23(18-9-11-20(26)12-10-18)30(27-21)24(31)17-29(14-15-33-2)25(32)19-6-3-4-7-19/h5,8-13,19,23H,3-4,6-7,14-17H2,1-2H3. The quantitative estimate of drug-likeness (QED) is 0.585. The van der Waals surface area contributed by atoms with Gasteiger partial charge in [-0.15, -0.1) is 0 Å². The van der Waals surface area contributed by atoms with Crippen molar-refractivity contribution < 1.29 is 14.3 Å². The van der Waals surface area contributed by atoms with E-state index in [2.05, 4.69) is 0 Å². The van der Waals surface area contributed by atoms with Gasteiger partial charge in [0.25, 0.3) is 5.91 Å². The Morgan fingerprint density at radius 1 is 1.18 bits per heavy atom. The van der Waals surface area contributed by atoms with Crippen molar-refractivity contribution in [3.8, 4) is 0 Å². The summed E-state index contributed by atoms with van der Waals surface area (Å²) < 4.78 is 7.21. The van der Waals surface area contributed by atoms with Crippen LogP contribution in [0.3, 0.4) is 0 Å². The van der Waals surface area contributed by atoms with Crippen molar-refractivity contribution in [2.75, 3.05) is 26.8 Å². The number of aryl methyl sites for hydroxylation is 1. The topological polar surface area (TPSA) is 67.1 Å². The molecule has 1 fully saturated rings. The third-order valence-corrected chi connectivity index (χ3v) is 6.82. The molecular weight excluding hydrogens is 440 g/mol. The third kappa shape index (κ3) is 5.31. The Bertz CT molecular complexity index is 1010. The second-order valence-electron chi connectivity index (χ2n) is 8.79. The van der Waals surface area contributed by atoms with Crippen molar-refractivity contribution >= 4 is 29.1 Å². The maximum Gasteiger partial charge on any atom is 0.262 e. The number of hydrogen-bond donors (Lipinski definition) is 0. The van der Waals surface area contributed by atoms with Gasteiger partial charge in [-0.2, -0.15) is 5.10 Å². The number of benzene rings is 1. The Labute approximate surface area is 199 Å². The number of aromatic nitrogens is 1. The van der Waals surface area contributed by atoms with Crippen LogP contribution in [0.4, 0.5) is 0 Å². The van der Waals surface area contributed by atoms with Gasteiger partial charge in [-0.25, -0.2) is 5.01 Å². The van der Waals surface area contributed by atoms with Crippen molar-refractivity contribution in [2.45, 2.75) is 38.1 Å². The molecule has 1 atom stereocenters. The second-order valence-corrected chi connectivity index (χ2v) is 9.23. The van der Waals surface area contributed by atoms with Crippen molar-refractivity contribution in [3.63, 3.8) is 0 Å². The minimum atomic E-state index is -0.245. The zero-order valence-corrected chi connectivity index (χ0v) is 20.0. The molecule has 1 saturated carbocycles. The van der Waals surface area contributed by atoms with E-state index in [1.54, 1.807) is 17.0 Å². The summed E-state index contributed by atoms with van der Waals surface area (Å²) in [5, 5.41) is 6.93. The summed E-state index contributed by atoms with van der Waals surface area (Å²) in [6.07, 6.45) is 6.48. The monoisotopic (exact) mass is 470 g/mol. The first-order chi connectivity index (χ1) is 16.0. The number of methoxy groups -OCH3 is 1. The molecule has 2 aromatic rings. The molecule has 1 unspecified atom stereocenters. The summed E-state index contributed by atoms with van der Waals surface area (Å²) in [5.74, 6) is -0.142. The number of rotatable bonds is 8. The van der Waals surface area contributed by atoms with Crippen LogP contribution in [0.15, 0.2) is 47.7 Å². The summed E-state index contributed by atoms with van der Waals surface area (Å²) >= 11 is 6.09. The van der Waals surface area contributed by atoms with Gasteiger partial charge >= 0.3 is 0 Å². The largest absolute Gasteiger partial charge is 0.383 e. The highest BCUT2D eigenvalue weighted by molar-refractivity contribution is 6.30. The second kappa shape index (κ2) is 10.5. The van der Waals surface area contributed by atoms with Crippen molar-refractivity contribution in [1.82, 2.24) is 14.5 Å². The average molecular weight is 471 g/mol. The van der Waals surface area contributed by atoms with Crippen LogP contribution >= 0.6 is 11.6 Å². The molecule has 0 N–H and O–H groups in total. The van der Waals surface area contributed by atoms with Gasteiger partial charge in [-0.1, -0.05) is 36.6 Å². The van der Waals surface area contributed by atoms with Gasteiger partial charge in [0, 0.05) is 44.3 Å². The zero-order valence-electron chi connectivity index (χ0n) is 19.2. The van der Waals surface area contributed by atoms with Crippen LogP contribution in [-0.2, 0) is 21.4 Å². The molecule has 176 valence electrons. The fourth-order valence-corrected chi connectivity index (χ4v) is 4.86. The molecule has 2 amide bonds. The van der Waals surface area contributed by atoms with E-state index in [9.17, 15) is 9.59 Å². The van der Waals surface area contributed by atoms with Crippen LogP contribution in [0.25, 0.3) is 0 Å². The van der Waals surface area contributed by atoms with Crippen molar-refractivity contribution in [3.05, 3.63) is 58.9 Å². The molecule has 33 heavy (non-hydrogen) atoms. The van der Waals surface area contributed by atoms with E-state index in [1.165, 1.54) is 0 Å². The Kier molecular flexibility index (Phi) is 7.50. The van der Waals surface area contributed by atoms with Crippen molar-refractivity contribution in [1.29, 1.82) is 0 Å². The van der Waals surface area contributed by atoms with E-state index in [-0.39, 0.29) is 30.3 Å². The number of hydrazone groups is 1. The Morgan fingerprint density at radius 2 is 1.91 bits per heavy atom. The lowest BCUT2D eigenvalue weighted by Gasteiger charge is -2.28. The molecule has 1 aliphatic heterocycles. The summed E-state index contributed by atoms with van der Waals surface area (Å²) in [7, 11) is 3.57. The number of carbonyl (C=O) groups excluding carboxylic acids is 2. The third-order valence-electron chi connectivity index (χ3n) is 6.57. The molecule has 0 spiro atoms. The van der Waals surface area contributed by atoms with Crippen LogP contribution in [0.1, 0.15) is 49.4 Å². The fourth-order valence-electron chi connectivity index (χ4n) is 4.74. The summed E-state index contributed by atoms with van der Waals surface area (Å²) in [6, 6.07) is 11.2. The lowest BCUT2D eigenvalue weighted by atomic mass is 10.0. The summed E-state index contributed by atoms with van der Waals surface area (Å²) in [4.78, 5) is 28.3. The Morgan fingerprint density at radius 3 is 2.55 bits per heavy atom. The molecule has 8 heteroatoms. The van der Waals surface area contributed by atoms with E-state index >= 15 is 0 Å². The SMILES string of the molecule is COCCN(CC(=O)N1N=C(c2cccn2C)CC1c1ccc(Cl)cc1)C(=O)C1CCCC1. The summed E-state index contributed by atoms with van der Waals surface area (Å²) in [5.41, 5.74) is 2.79. The number of carbonyl (C=O) groups is 2. The highest BCUT2D eigenvalue weighted by atomic mass is 35.5. The van der Waals surface area contributed by atoms with Gasteiger partial charge < -0.3 is 14.2 Å². The molecule has 7 nitrogen and oxygen atoms in total. The predicted molar refractivity (Wildman–Crippen MR) is 128 cm³/mol. The van der Waals surface area contributed by atoms with Gasteiger partial charge in [0.05, 0.1) is 24.1 Å². The molecule has 2 aliphatic rings. The average Bonchev–Trinajstić information content (AvgIpc) is 3.57. The number of hydrogen-bond acceptors (Lipinski definition) is 4. The van der Waals surface area contributed by atoms with Crippen LogP contribution < -0.4 is 0 Å². The Balaban J connectivity index is 1.58. The lowest BCUT2D eigenvalue weighted by Crippen LogP contribution is -2.44. The van der Waals surface area contributed by atoms with Crippen LogP contribution in [0, 0.1) is 5.92 Å². The minimum Gasteiger partial charge on any atom is -0.383 e. The van der Waals surface area contributed by atoms with E-state index in [0.717, 1.165) is 42.7 Å². The number of ether oxygens (including phenoxy) is 1. The molecular formula is C25H31ClN4O3. The Hall–Kier alpha value is -2.64. The number of amides is 2. The zero-order chi connectivity index (χ0) is 23.4. The lowest BCUT2D eigenvalue weighted by molar-refractivity contribution is -0.144. The van der Waals surface area contributed by atoms with E-state index in [1.807, 2.05) is 54.2 Å². The molecule has 1 aliphatic carbocycles. The predicted octanol–water partition coefficient (Wildman–Crippen LogP) is 4.02. The highest BCUT2D eigenvalue weighted by Gasteiger charge is 2.36. The van der Waals surface area contributed by atoms with Crippen LogP contribution in [-0.4, -0.2) is 58.8 Å². The van der Waals surface area contributed by atoms with Gasteiger partial charge in [-0.3, -0.25) is 9.59 Å². The van der Waals surface area contributed by atoms with Crippen LogP contribution in [0.2, 0.25) is 5.02 Å². The first kappa shape index (κ1) is 23.5. The van der Waals surface area contributed by atoms with E-state index in [0.29, 0.717) is 24.6 Å². The van der Waals surface area contributed by atoms with Gasteiger partial charge in [0.15, 0.2) is 0 Å². The summed E-state index contributed by atoms with van der Waals surface area (Å²) in [6.45, 7) is 0.780. The molecule has 0 bridgehead atoms. The van der Waals surface area contributed by atoms with E-state index < -0.39 is 0 Å². The number of halogens is 1. The molecule has 4 rings (SSSR count). The minimum absolute atomic E-state index is 0.00252. The van der Waals surface area contributed by atoms with E-state index in [4.69, 9.17) is 21.4 Å². The molecule has 0 radical (unpaired) electrons. The number of nitrogens with zero attached hydrogens (tertiary/aromatic N) is 4. The van der Waals surface area contributed by atoms with Gasteiger partial charge in [0.1, 0.15) is 6.54 Å². The van der Waals surface area contributed by atoms with Gasteiger partial charge in [-0.05, 0) is 42.7 Å². The normalized spacial score (nSPS) is 18.6. The van der Waals surface area contributed by atoms with Crippen molar-refractivity contribution in [2.24, 2.45) is 18.1 Å². The molecule has 1 aromatic carbocycles. The molecule has 0 saturated heterocycles.